The zero-order chi connectivity index (χ0) is 18.0. The van der Waals surface area contributed by atoms with E-state index in [4.69, 9.17) is 16.7 Å². The van der Waals surface area contributed by atoms with E-state index in [1.165, 1.54) is 4.52 Å². The minimum absolute atomic E-state index is 0.136. The number of hydrogen-bond acceptors (Lipinski definition) is 5. The highest BCUT2D eigenvalue weighted by atomic mass is 35.5. The molecule has 2 aromatic heterocycles. The molecule has 0 spiro atoms. The van der Waals surface area contributed by atoms with Gasteiger partial charge in [0.1, 0.15) is 6.54 Å². The molecule has 25 heavy (non-hydrogen) atoms. The van der Waals surface area contributed by atoms with Crippen LogP contribution in [0.4, 0.5) is 11.6 Å². The fourth-order valence-electron chi connectivity index (χ4n) is 2.26. The molecule has 1 amide bonds. The molecule has 0 saturated heterocycles. The minimum Gasteiger partial charge on any atom is -0.480 e. The van der Waals surface area contributed by atoms with Gasteiger partial charge in [-0.15, -0.1) is 5.10 Å². The van der Waals surface area contributed by atoms with Crippen molar-refractivity contribution in [1.29, 1.82) is 0 Å². The Morgan fingerprint density at radius 3 is 2.84 bits per heavy atom. The summed E-state index contributed by atoms with van der Waals surface area (Å²) in [6, 6.07) is 9.94. The molecular weight excluding hydrogens is 346 g/mol. The number of aromatic nitrogens is 3. The van der Waals surface area contributed by atoms with Gasteiger partial charge in [0, 0.05) is 35.6 Å². The molecule has 3 aromatic rings. The number of hydrogen-bond donors (Lipinski definition) is 2. The number of aliphatic carboxylic acids is 1. The highest BCUT2D eigenvalue weighted by Crippen LogP contribution is 2.17. The lowest BCUT2D eigenvalue weighted by atomic mass is 10.2. The maximum absolute atomic E-state index is 12.2. The number of fused-ring (bicyclic) bond motifs is 1. The smallest absolute Gasteiger partial charge is 0.323 e. The lowest BCUT2D eigenvalue weighted by molar-refractivity contribution is -0.135. The Balaban J connectivity index is 1.81. The normalized spacial score (nSPS) is 10.6. The number of likely N-dealkylation sites (N-methyl/N-ethyl adjacent to an activating group) is 1. The van der Waals surface area contributed by atoms with E-state index < -0.39 is 5.97 Å². The molecule has 3 rings (SSSR count). The number of pyridine rings is 1. The van der Waals surface area contributed by atoms with E-state index in [1.54, 1.807) is 54.5 Å². The van der Waals surface area contributed by atoms with Crippen LogP contribution in [-0.4, -0.2) is 45.2 Å². The van der Waals surface area contributed by atoms with Gasteiger partial charge in [-0.2, -0.15) is 4.98 Å². The van der Waals surface area contributed by atoms with E-state index in [0.717, 1.165) is 0 Å². The van der Waals surface area contributed by atoms with Crippen LogP contribution < -0.4 is 10.2 Å². The predicted molar refractivity (Wildman–Crippen MR) is 93.3 cm³/mol. The number of nitrogens with zero attached hydrogens (tertiary/aromatic N) is 4. The summed E-state index contributed by atoms with van der Waals surface area (Å²) in [6.45, 7) is -0.136. The monoisotopic (exact) mass is 359 g/mol. The van der Waals surface area contributed by atoms with Gasteiger partial charge in [-0.3, -0.25) is 14.9 Å². The summed E-state index contributed by atoms with van der Waals surface area (Å²) in [5.74, 6) is -1.16. The number of carbonyl (C=O) groups is 2. The van der Waals surface area contributed by atoms with Crippen LogP contribution in [0.2, 0.25) is 5.02 Å². The third-order valence-corrected chi connectivity index (χ3v) is 3.68. The molecule has 0 aliphatic heterocycles. The summed E-state index contributed by atoms with van der Waals surface area (Å²) < 4.78 is 1.49. The van der Waals surface area contributed by atoms with E-state index in [-0.39, 0.29) is 18.4 Å². The van der Waals surface area contributed by atoms with E-state index >= 15 is 0 Å². The van der Waals surface area contributed by atoms with Crippen molar-refractivity contribution < 1.29 is 14.7 Å². The SMILES string of the molecule is CN(CC(=O)O)c1ccn2nc(NC(=O)c3cccc(Cl)c3)nc2c1. The summed E-state index contributed by atoms with van der Waals surface area (Å²) in [6.07, 6.45) is 1.64. The first kappa shape index (κ1) is 16.7. The van der Waals surface area contributed by atoms with Crippen LogP contribution in [0.3, 0.4) is 0 Å². The second kappa shape index (κ2) is 6.78. The number of rotatable bonds is 5. The highest BCUT2D eigenvalue weighted by molar-refractivity contribution is 6.31. The van der Waals surface area contributed by atoms with Gasteiger partial charge in [0.25, 0.3) is 5.91 Å². The predicted octanol–water partition coefficient (Wildman–Crippen LogP) is 2.16. The van der Waals surface area contributed by atoms with Crippen LogP contribution >= 0.6 is 11.6 Å². The quantitative estimate of drug-likeness (QED) is 0.724. The average molecular weight is 360 g/mol. The standard InChI is InChI=1S/C16H14ClN5O3/c1-21(9-14(23)24)12-5-6-22-13(8-12)18-16(20-22)19-15(25)10-3-2-4-11(17)7-10/h2-8H,9H2,1H3,(H,23,24)(H,19,20,25). The molecule has 2 N–H and O–H groups in total. The summed E-state index contributed by atoms with van der Waals surface area (Å²) in [4.78, 5) is 28.8. The second-order valence-corrected chi connectivity index (χ2v) is 5.77. The van der Waals surface area contributed by atoms with Crippen molar-refractivity contribution in [1.82, 2.24) is 14.6 Å². The number of halogens is 1. The van der Waals surface area contributed by atoms with Gasteiger partial charge in [-0.05, 0) is 24.3 Å². The first-order valence-corrected chi connectivity index (χ1v) is 7.66. The Hall–Kier alpha value is -3.13. The molecular formula is C16H14ClN5O3. The van der Waals surface area contributed by atoms with E-state index in [1.807, 2.05) is 0 Å². The van der Waals surface area contributed by atoms with Crippen molar-refractivity contribution in [2.75, 3.05) is 23.8 Å². The van der Waals surface area contributed by atoms with Gasteiger partial charge < -0.3 is 10.0 Å². The van der Waals surface area contributed by atoms with Crippen LogP contribution in [0.1, 0.15) is 10.4 Å². The summed E-state index contributed by atoms with van der Waals surface area (Å²) in [5, 5.41) is 16.1. The van der Waals surface area contributed by atoms with Crippen LogP contribution in [0.15, 0.2) is 42.6 Å². The molecule has 0 unspecified atom stereocenters. The average Bonchev–Trinajstić information content (AvgIpc) is 2.95. The third kappa shape index (κ3) is 3.86. The number of carboxylic acids is 1. The Bertz CT molecular complexity index is 956. The molecule has 8 nitrogen and oxygen atoms in total. The lowest BCUT2D eigenvalue weighted by Crippen LogP contribution is -2.25. The van der Waals surface area contributed by atoms with Crippen LogP contribution in [0, 0.1) is 0 Å². The first-order chi connectivity index (χ1) is 11.9. The molecule has 0 aliphatic carbocycles. The van der Waals surface area contributed by atoms with Gasteiger partial charge >= 0.3 is 5.97 Å². The fourth-order valence-corrected chi connectivity index (χ4v) is 2.45. The number of benzene rings is 1. The second-order valence-electron chi connectivity index (χ2n) is 5.34. The Labute approximate surface area is 147 Å². The molecule has 128 valence electrons. The van der Waals surface area contributed by atoms with Crippen molar-refractivity contribution >= 4 is 40.8 Å². The Kier molecular flexibility index (Phi) is 4.53. The summed E-state index contributed by atoms with van der Waals surface area (Å²) in [7, 11) is 1.66. The van der Waals surface area contributed by atoms with Crippen molar-refractivity contribution in [3.63, 3.8) is 0 Å². The summed E-state index contributed by atoms with van der Waals surface area (Å²) >= 11 is 5.88. The molecule has 2 heterocycles. The molecule has 1 aromatic carbocycles. The number of anilines is 2. The van der Waals surface area contributed by atoms with Gasteiger partial charge in [-0.25, -0.2) is 4.52 Å². The largest absolute Gasteiger partial charge is 0.480 e. The maximum atomic E-state index is 12.2. The molecule has 0 bridgehead atoms. The zero-order valence-electron chi connectivity index (χ0n) is 13.2. The van der Waals surface area contributed by atoms with Gasteiger partial charge in [0.2, 0.25) is 5.95 Å². The van der Waals surface area contributed by atoms with Crippen molar-refractivity contribution in [2.24, 2.45) is 0 Å². The molecule has 0 atom stereocenters. The Morgan fingerprint density at radius 1 is 1.32 bits per heavy atom. The lowest BCUT2D eigenvalue weighted by Gasteiger charge is -2.16. The number of nitrogens with one attached hydrogen (secondary N) is 1. The van der Waals surface area contributed by atoms with E-state index in [9.17, 15) is 9.59 Å². The number of carboxylic acid groups (broad SMARTS) is 1. The van der Waals surface area contributed by atoms with Crippen LogP contribution in [0.5, 0.6) is 0 Å². The molecule has 0 radical (unpaired) electrons. The molecule has 0 aliphatic rings. The highest BCUT2D eigenvalue weighted by Gasteiger charge is 2.12. The molecule has 0 fully saturated rings. The Morgan fingerprint density at radius 2 is 2.12 bits per heavy atom. The molecule has 9 heteroatoms. The molecule has 0 saturated carbocycles. The van der Waals surface area contributed by atoms with Crippen molar-refractivity contribution in [3.05, 3.63) is 53.2 Å². The van der Waals surface area contributed by atoms with Gasteiger partial charge in [0.15, 0.2) is 5.65 Å². The fraction of sp³-hybridized carbons (Fsp3) is 0.125. The van der Waals surface area contributed by atoms with Crippen molar-refractivity contribution in [2.45, 2.75) is 0 Å². The summed E-state index contributed by atoms with van der Waals surface area (Å²) in [5.41, 5.74) is 1.55. The zero-order valence-corrected chi connectivity index (χ0v) is 13.9. The van der Waals surface area contributed by atoms with Gasteiger partial charge in [-0.1, -0.05) is 17.7 Å². The third-order valence-electron chi connectivity index (χ3n) is 3.45. The van der Waals surface area contributed by atoms with E-state index in [2.05, 4.69) is 15.4 Å². The number of carbonyl (C=O) groups excluding carboxylic acids is 1. The van der Waals surface area contributed by atoms with Crippen molar-refractivity contribution in [3.8, 4) is 0 Å². The van der Waals surface area contributed by atoms with E-state index in [0.29, 0.717) is 21.9 Å². The van der Waals surface area contributed by atoms with Gasteiger partial charge in [0.05, 0.1) is 0 Å². The van der Waals surface area contributed by atoms with Crippen LogP contribution in [-0.2, 0) is 4.79 Å². The topological polar surface area (TPSA) is 99.8 Å². The minimum atomic E-state index is -0.932. The number of amides is 1. The first-order valence-electron chi connectivity index (χ1n) is 7.28. The van der Waals surface area contributed by atoms with Crippen LogP contribution in [0.25, 0.3) is 5.65 Å². The maximum Gasteiger partial charge on any atom is 0.323 e.